The van der Waals surface area contributed by atoms with Gasteiger partial charge in [0.15, 0.2) is 0 Å². The van der Waals surface area contributed by atoms with Crippen LogP contribution in [0.5, 0.6) is 0 Å². The third kappa shape index (κ3) is 2.67. The number of nitrogen functional groups attached to an aromatic ring is 1. The summed E-state index contributed by atoms with van der Waals surface area (Å²) in [5.74, 6) is 5.39. The molecule has 2 rings (SSSR count). The fourth-order valence-corrected chi connectivity index (χ4v) is 2.47. The third-order valence-corrected chi connectivity index (χ3v) is 3.56. The Hall–Kier alpha value is -0.760. The number of ether oxygens (including phenoxy) is 1. The van der Waals surface area contributed by atoms with Crippen LogP contribution in [0.2, 0.25) is 0 Å². The predicted molar refractivity (Wildman–Crippen MR) is 63.0 cm³/mol. The van der Waals surface area contributed by atoms with Gasteiger partial charge in [0.25, 0.3) is 0 Å². The van der Waals surface area contributed by atoms with E-state index in [0.717, 1.165) is 36.8 Å². The van der Waals surface area contributed by atoms with Gasteiger partial charge in [0, 0.05) is 31.7 Å². The van der Waals surface area contributed by atoms with Crippen molar-refractivity contribution in [1.82, 2.24) is 14.5 Å². The largest absolute Gasteiger partial charge is 0.380 e. The Labute approximate surface area is 98.9 Å². The van der Waals surface area contributed by atoms with Crippen LogP contribution in [0, 0.1) is 0 Å². The van der Waals surface area contributed by atoms with Crippen LogP contribution in [0.1, 0.15) is 18.5 Å². The minimum absolute atomic E-state index is 0.342. The molecule has 0 saturated carbocycles. The van der Waals surface area contributed by atoms with Crippen molar-refractivity contribution < 1.29 is 4.74 Å². The summed E-state index contributed by atoms with van der Waals surface area (Å²) in [7, 11) is 1.77. The first-order chi connectivity index (χ1) is 7.83. The van der Waals surface area contributed by atoms with Crippen molar-refractivity contribution >= 4 is 16.5 Å². The zero-order valence-electron chi connectivity index (χ0n) is 9.35. The van der Waals surface area contributed by atoms with Crippen LogP contribution in [0.25, 0.3) is 0 Å². The van der Waals surface area contributed by atoms with Gasteiger partial charge in [-0.05, 0) is 19.4 Å². The van der Waals surface area contributed by atoms with Crippen molar-refractivity contribution in [3.8, 4) is 0 Å². The van der Waals surface area contributed by atoms with Gasteiger partial charge in [-0.1, -0.05) is 4.49 Å². The second-order valence-electron chi connectivity index (χ2n) is 3.93. The zero-order valence-corrected chi connectivity index (χ0v) is 10.2. The van der Waals surface area contributed by atoms with Crippen LogP contribution in [-0.2, 0) is 11.3 Å². The van der Waals surface area contributed by atoms with E-state index < -0.39 is 0 Å². The van der Waals surface area contributed by atoms with Gasteiger partial charge >= 0.3 is 0 Å². The highest BCUT2D eigenvalue weighted by Gasteiger charge is 2.21. The Morgan fingerprint density at radius 3 is 3.31 bits per heavy atom. The Balaban J connectivity index is 1.93. The number of piperidine rings is 1. The highest BCUT2D eigenvalue weighted by atomic mass is 32.1. The van der Waals surface area contributed by atoms with E-state index >= 15 is 0 Å². The number of aromatic nitrogens is 2. The van der Waals surface area contributed by atoms with E-state index in [2.05, 4.69) is 19.9 Å². The number of rotatable bonds is 4. The number of nitrogens with one attached hydrogen (secondary N) is 1. The second kappa shape index (κ2) is 5.53. The number of hydrazine groups is 1. The van der Waals surface area contributed by atoms with Crippen LogP contribution in [0.4, 0.5) is 5.00 Å². The summed E-state index contributed by atoms with van der Waals surface area (Å²) >= 11 is 1.29. The van der Waals surface area contributed by atoms with Crippen LogP contribution < -0.4 is 11.3 Å². The maximum absolute atomic E-state index is 5.39. The van der Waals surface area contributed by atoms with E-state index in [9.17, 15) is 0 Å². The molecule has 1 aromatic rings. The molecule has 2 heterocycles. The highest BCUT2D eigenvalue weighted by molar-refractivity contribution is 7.10. The molecule has 1 atom stereocenters. The number of nitrogens with two attached hydrogens (primary N) is 1. The molecule has 1 fully saturated rings. The van der Waals surface area contributed by atoms with Gasteiger partial charge < -0.3 is 10.2 Å². The van der Waals surface area contributed by atoms with Crippen LogP contribution in [0.15, 0.2) is 0 Å². The molecule has 0 spiro atoms. The highest BCUT2D eigenvalue weighted by Crippen LogP contribution is 2.20. The number of methoxy groups -OCH3 is 1. The third-order valence-electron chi connectivity index (χ3n) is 2.86. The molecule has 6 nitrogen and oxygen atoms in total. The fourth-order valence-electron chi connectivity index (χ4n) is 1.98. The molecule has 0 aromatic carbocycles. The molecule has 0 aliphatic carbocycles. The van der Waals surface area contributed by atoms with Crippen molar-refractivity contribution in [3.63, 3.8) is 0 Å². The van der Waals surface area contributed by atoms with Crippen molar-refractivity contribution in [3.05, 3.63) is 5.69 Å². The lowest BCUT2D eigenvalue weighted by Crippen LogP contribution is -2.38. The van der Waals surface area contributed by atoms with E-state index in [-0.39, 0.29) is 0 Å². The first kappa shape index (κ1) is 11.7. The van der Waals surface area contributed by atoms with Gasteiger partial charge in [0.2, 0.25) is 0 Å². The molecule has 1 aliphatic rings. The van der Waals surface area contributed by atoms with E-state index in [1.165, 1.54) is 18.0 Å². The van der Waals surface area contributed by atoms with Gasteiger partial charge in [-0.2, -0.15) is 0 Å². The van der Waals surface area contributed by atoms with Gasteiger partial charge in [0.05, 0.1) is 6.10 Å². The summed E-state index contributed by atoms with van der Waals surface area (Å²) in [6, 6.07) is 0. The summed E-state index contributed by atoms with van der Waals surface area (Å²) in [6.45, 7) is 2.83. The van der Waals surface area contributed by atoms with Crippen LogP contribution >= 0.6 is 11.5 Å². The molecule has 1 unspecified atom stereocenters. The average molecular weight is 243 g/mol. The number of nitrogens with zero attached hydrogens (tertiary/aromatic N) is 3. The van der Waals surface area contributed by atoms with E-state index in [0.29, 0.717) is 6.10 Å². The Morgan fingerprint density at radius 2 is 2.56 bits per heavy atom. The smallest absolute Gasteiger partial charge is 0.148 e. The molecule has 0 radical (unpaired) electrons. The Bertz CT molecular complexity index is 331. The van der Waals surface area contributed by atoms with Gasteiger partial charge in [-0.15, -0.1) is 5.10 Å². The molecule has 16 heavy (non-hydrogen) atoms. The summed E-state index contributed by atoms with van der Waals surface area (Å²) < 4.78 is 9.27. The number of anilines is 1. The van der Waals surface area contributed by atoms with Gasteiger partial charge in [-0.3, -0.25) is 4.90 Å². The summed E-state index contributed by atoms with van der Waals surface area (Å²) in [6.07, 6.45) is 2.65. The van der Waals surface area contributed by atoms with E-state index in [4.69, 9.17) is 10.6 Å². The topological polar surface area (TPSA) is 76.3 Å². The Kier molecular flexibility index (Phi) is 4.05. The standard InChI is InChI=1S/C9H17N5OS/c1-15-7-3-2-4-14(5-7)6-8-9(11-10)16-13-12-8/h7,11H,2-6,10H2,1H3. The fraction of sp³-hybridized carbons (Fsp3) is 0.778. The maximum Gasteiger partial charge on any atom is 0.148 e. The van der Waals surface area contributed by atoms with Crippen molar-refractivity contribution in [2.75, 3.05) is 25.6 Å². The lowest BCUT2D eigenvalue weighted by atomic mass is 10.1. The summed E-state index contributed by atoms with van der Waals surface area (Å²) in [5.41, 5.74) is 3.55. The molecule has 0 amide bonds. The van der Waals surface area contributed by atoms with E-state index in [1.807, 2.05) is 0 Å². The maximum atomic E-state index is 5.39. The summed E-state index contributed by atoms with van der Waals surface area (Å²) in [4.78, 5) is 2.33. The molecular formula is C9H17N5OS. The molecule has 1 saturated heterocycles. The van der Waals surface area contributed by atoms with Crippen LogP contribution in [-0.4, -0.2) is 40.8 Å². The quantitative estimate of drug-likeness (QED) is 0.590. The van der Waals surface area contributed by atoms with E-state index in [1.54, 1.807) is 7.11 Å². The zero-order chi connectivity index (χ0) is 11.4. The minimum Gasteiger partial charge on any atom is -0.380 e. The molecular weight excluding hydrogens is 226 g/mol. The van der Waals surface area contributed by atoms with Gasteiger partial charge in [-0.25, -0.2) is 5.84 Å². The summed E-state index contributed by atoms with van der Waals surface area (Å²) in [5, 5.41) is 4.92. The molecule has 90 valence electrons. The number of likely N-dealkylation sites (tertiary alicyclic amines) is 1. The SMILES string of the molecule is COC1CCCN(Cc2nnsc2NN)C1. The first-order valence-electron chi connectivity index (χ1n) is 5.36. The number of hydrogen-bond acceptors (Lipinski definition) is 7. The molecule has 3 N–H and O–H groups in total. The first-order valence-corrected chi connectivity index (χ1v) is 6.14. The van der Waals surface area contributed by atoms with Crippen molar-refractivity contribution in [2.24, 2.45) is 5.84 Å². The normalized spacial score (nSPS) is 22.2. The van der Waals surface area contributed by atoms with Crippen molar-refractivity contribution in [1.29, 1.82) is 0 Å². The van der Waals surface area contributed by atoms with Crippen molar-refractivity contribution in [2.45, 2.75) is 25.5 Å². The monoisotopic (exact) mass is 243 g/mol. The Morgan fingerprint density at radius 1 is 1.69 bits per heavy atom. The minimum atomic E-state index is 0.342. The molecule has 7 heteroatoms. The average Bonchev–Trinajstić information content (AvgIpc) is 2.76. The lowest BCUT2D eigenvalue weighted by Gasteiger charge is -2.31. The number of hydrogen-bond donors (Lipinski definition) is 2. The van der Waals surface area contributed by atoms with Gasteiger partial charge in [0.1, 0.15) is 10.7 Å². The molecule has 1 aliphatic heterocycles. The predicted octanol–water partition coefficient (Wildman–Crippen LogP) is 0.435. The molecule has 1 aromatic heterocycles. The lowest BCUT2D eigenvalue weighted by molar-refractivity contribution is 0.0282. The van der Waals surface area contributed by atoms with Crippen LogP contribution in [0.3, 0.4) is 0 Å². The second-order valence-corrected chi connectivity index (χ2v) is 4.68. The molecule has 0 bridgehead atoms.